The van der Waals surface area contributed by atoms with Gasteiger partial charge in [0.2, 0.25) is 0 Å². The van der Waals surface area contributed by atoms with Gasteiger partial charge in [0.1, 0.15) is 0 Å². The van der Waals surface area contributed by atoms with Crippen molar-refractivity contribution in [3.63, 3.8) is 0 Å². The fourth-order valence-corrected chi connectivity index (χ4v) is 2.42. The van der Waals surface area contributed by atoms with Gasteiger partial charge in [-0.15, -0.1) is 0 Å². The molecule has 16 heavy (non-hydrogen) atoms. The van der Waals surface area contributed by atoms with Crippen LogP contribution >= 0.6 is 12.2 Å². The zero-order valence-electron chi connectivity index (χ0n) is 10.5. The molecule has 1 rings (SSSR count). The van der Waals surface area contributed by atoms with Crippen LogP contribution in [0.4, 0.5) is 0 Å². The highest BCUT2D eigenvalue weighted by molar-refractivity contribution is 7.80. The van der Waals surface area contributed by atoms with Crippen LogP contribution in [-0.4, -0.2) is 43.4 Å². The van der Waals surface area contributed by atoms with Crippen LogP contribution in [0.2, 0.25) is 0 Å². The normalized spacial score (nSPS) is 17.1. The Balaban J connectivity index is 2.18. The van der Waals surface area contributed by atoms with Crippen molar-refractivity contribution in [2.24, 2.45) is 0 Å². The Hall–Kier alpha value is -0.350. The van der Waals surface area contributed by atoms with Gasteiger partial charge in [-0.1, -0.05) is 19.3 Å². The Labute approximate surface area is 105 Å². The average molecular weight is 244 g/mol. The van der Waals surface area contributed by atoms with Crippen molar-refractivity contribution >= 4 is 17.3 Å². The van der Waals surface area contributed by atoms with Gasteiger partial charge < -0.3 is 15.0 Å². The van der Waals surface area contributed by atoms with Gasteiger partial charge in [0.15, 0.2) is 5.11 Å². The molecule has 0 spiro atoms. The van der Waals surface area contributed by atoms with E-state index in [1.807, 2.05) is 0 Å². The number of hydrogen-bond donors (Lipinski definition) is 1. The van der Waals surface area contributed by atoms with E-state index in [0.29, 0.717) is 6.04 Å². The van der Waals surface area contributed by atoms with Gasteiger partial charge in [-0.25, -0.2) is 0 Å². The lowest BCUT2D eigenvalue weighted by Crippen LogP contribution is -2.44. The Morgan fingerprint density at radius 3 is 2.69 bits per heavy atom. The summed E-state index contributed by atoms with van der Waals surface area (Å²) in [6.07, 6.45) is 7.67. The molecule has 3 nitrogen and oxygen atoms in total. The molecule has 1 N–H and O–H groups in total. The van der Waals surface area contributed by atoms with Crippen LogP contribution in [0.3, 0.4) is 0 Å². The van der Waals surface area contributed by atoms with E-state index < -0.39 is 0 Å². The zero-order valence-corrected chi connectivity index (χ0v) is 11.3. The number of nitrogens with zero attached hydrogens (tertiary/aromatic N) is 1. The van der Waals surface area contributed by atoms with Gasteiger partial charge in [-0.2, -0.15) is 0 Å². The standard InChI is InChI=1S/C12H24N2OS/c1-14(11-7-4-3-5-8-11)12(16)13-9-6-10-15-2/h11H,3-10H2,1-2H3,(H,13,16). The molecule has 0 heterocycles. The van der Waals surface area contributed by atoms with Crippen molar-refractivity contribution in [2.45, 2.75) is 44.6 Å². The van der Waals surface area contributed by atoms with E-state index in [9.17, 15) is 0 Å². The monoisotopic (exact) mass is 244 g/mol. The van der Waals surface area contributed by atoms with E-state index in [1.54, 1.807) is 7.11 Å². The summed E-state index contributed by atoms with van der Waals surface area (Å²) in [5.41, 5.74) is 0. The molecular weight excluding hydrogens is 220 g/mol. The summed E-state index contributed by atoms with van der Waals surface area (Å²) in [7, 11) is 3.84. The molecule has 1 fully saturated rings. The number of nitrogens with one attached hydrogen (secondary N) is 1. The maximum Gasteiger partial charge on any atom is 0.168 e. The summed E-state index contributed by atoms with van der Waals surface area (Å²) in [5.74, 6) is 0. The predicted octanol–water partition coefficient (Wildman–Crippen LogP) is 2.16. The minimum absolute atomic E-state index is 0.649. The second-order valence-corrected chi connectivity index (χ2v) is 4.87. The minimum atomic E-state index is 0.649. The SMILES string of the molecule is COCCCNC(=S)N(C)C1CCCCC1. The zero-order chi connectivity index (χ0) is 11.8. The quantitative estimate of drug-likeness (QED) is 0.592. The highest BCUT2D eigenvalue weighted by atomic mass is 32.1. The molecule has 94 valence electrons. The second kappa shape index (κ2) is 7.85. The molecule has 0 aliphatic heterocycles. The van der Waals surface area contributed by atoms with Crippen LogP contribution in [0.1, 0.15) is 38.5 Å². The smallest absolute Gasteiger partial charge is 0.168 e. The van der Waals surface area contributed by atoms with Crippen molar-refractivity contribution in [3.8, 4) is 0 Å². The first-order chi connectivity index (χ1) is 7.75. The molecule has 0 saturated heterocycles. The molecule has 1 aliphatic carbocycles. The van der Waals surface area contributed by atoms with Crippen molar-refractivity contribution in [1.82, 2.24) is 10.2 Å². The van der Waals surface area contributed by atoms with Crippen LogP contribution in [0.15, 0.2) is 0 Å². The van der Waals surface area contributed by atoms with Gasteiger partial charge in [0.25, 0.3) is 0 Å². The van der Waals surface area contributed by atoms with Crippen molar-refractivity contribution in [1.29, 1.82) is 0 Å². The van der Waals surface area contributed by atoms with E-state index in [0.717, 1.165) is 24.7 Å². The summed E-state index contributed by atoms with van der Waals surface area (Å²) >= 11 is 5.38. The van der Waals surface area contributed by atoms with Gasteiger partial charge in [0.05, 0.1) is 0 Å². The fourth-order valence-electron chi connectivity index (χ4n) is 2.17. The third kappa shape index (κ3) is 4.66. The summed E-state index contributed by atoms with van der Waals surface area (Å²) in [6, 6.07) is 0.649. The van der Waals surface area contributed by atoms with E-state index in [1.165, 1.54) is 32.1 Å². The van der Waals surface area contributed by atoms with Crippen molar-refractivity contribution < 1.29 is 4.74 Å². The average Bonchev–Trinajstić information content (AvgIpc) is 2.34. The highest BCUT2D eigenvalue weighted by Crippen LogP contribution is 2.21. The predicted molar refractivity (Wildman–Crippen MR) is 71.7 cm³/mol. The molecule has 4 heteroatoms. The van der Waals surface area contributed by atoms with Crippen LogP contribution in [-0.2, 0) is 4.74 Å². The number of hydrogen-bond acceptors (Lipinski definition) is 2. The first-order valence-corrected chi connectivity index (χ1v) is 6.66. The number of rotatable bonds is 5. The summed E-state index contributed by atoms with van der Waals surface area (Å²) in [6.45, 7) is 1.70. The summed E-state index contributed by atoms with van der Waals surface area (Å²) in [4.78, 5) is 2.24. The van der Waals surface area contributed by atoms with Gasteiger partial charge in [-0.3, -0.25) is 0 Å². The number of thiocarbonyl (C=S) groups is 1. The Kier molecular flexibility index (Phi) is 6.73. The lowest BCUT2D eigenvalue weighted by Gasteiger charge is -2.33. The largest absolute Gasteiger partial charge is 0.385 e. The highest BCUT2D eigenvalue weighted by Gasteiger charge is 2.19. The first kappa shape index (κ1) is 13.7. The molecule has 0 aromatic rings. The lowest BCUT2D eigenvalue weighted by atomic mass is 9.95. The second-order valence-electron chi connectivity index (χ2n) is 4.48. The maximum atomic E-state index is 5.38. The molecule has 0 bridgehead atoms. The molecule has 1 aliphatic rings. The van der Waals surface area contributed by atoms with E-state index in [4.69, 9.17) is 17.0 Å². The van der Waals surface area contributed by atoms with Gasteiger partial charge in [-0.05, 0) is 31.5 Å². The van der Waals surface area contributed by atoms with Gasteiger partial charge in [0, 0.05) is 33.4 Å². The van der Waals surface area contributed by atoms with Crippen LogP contribution < -0.4 is 5.32 Å². The molecule has 0 aromatic carbocycles. The number of ether oxygens (including phenoxy) is 1. The van der Waals surface area contributed by atoms with Crippen LogP contribution in [0.25, 0.3) is 0 Å². The molecular formula is C12H24N2OS. The first-order valence-electron chi connectivity index (χ1n) is 6.25. The minimum Gasteiger partial charge on any atom is -0.385 e. The fraction of sp³-hybridized carbons (Fsp3) is 0.917. The molecule has 0 amide bonds. The van der Waals surface area contributed by atoms with E-state index in [-0.39, 0.29) is 0 Å². The van der Waals surface area contributed by atoms with Crippen molar-refractivity contribution in [2.75, 3.05) is 27.3 Å². The molecule has 0 unspecified atom stereocenters. The molecule has 0 radical (unpaired) electrons. The maximum absolute atomic E-state index is 5.38. The Morgan fingerprint density at radius 1 is 1.38 bits per heavy atom. The van der Waals surface area contributed by atoms with Crippen LogP contribution in [0, 0.1) is 0 Å². The lowest BCUT2D eigenvalue weighted by molar-refractivity contribution is 0.195. The van der Waals surface area contributed by atoms with Crippen molar-refractivity contribution in [3.05, 3.63) is 0 Å². The molecule has 0 aromatic heterocycles. The molecule has 0 atom stereocenters. The van der Waals surface area contributed by atoms with E-state index in [2.05, 4.69) is 17.3 Å². The topological polar surface area (TPSA) is 24.5 Å². The molecule has 1 saturated carbocycles. The van der Waals surface area contributed by atoms with E-state index >= 15 is 0 Å². The van der Waals surface area contributed by atoms with Gasteiger partial charge >= 0.3 is 0 Å². The Bertz CT molecular complexity index is 205. The van der Waals surface area contributed by atoms with Crippen LogP contribution in [0.5, 0.6) is 0 Å². The third-order valence-electron chi connectivity index (χ3n) is 3.24. The Morgan fingerprint density at radius 2 is 2.06 bits per heavy atom. The third-order valence-corrected chi connectivity index (χ3v) is 3.68. The summed E-state index contributed by atoms with van der Waals surface area (Å²) in [5, 5.41) is 4.18. The summed E-state index contributed by atoms with van der Waals surface area (Å²) < 4.78 is 5.00. The number of methoxy groups -OCH3 is 1.